The maximum absolute atomic E-state index is 13.3. The van der Waals surface area contributed by atoms with Crippen molar-refractivity contribution in [2.45, 2.75) is 17.1 Å². The number of hydrogen-bond acceptors (Lipinski definition) is 5. The van der Waals surface area contributed by atoms with Crippen LogP contribution in [0.2, 0.25) is 10.0 Å². The van der Waals surface area contributed by atoms with E-state index in [4.69, 9.17) is 27.9 Å². The summed E-state index contributed by atoms with van der Waals surface area (Å²) in [5.74, 6) is -0.602. The van der Waals surface area contributed by atoms with E-state index in [-0.39, 0.29) is 11.6 Å². The summed E-state index contributed by atoms with van der Waals surface area (Å²) in [6, 6.07) is 27.7. The summed E-state index contributed by atoms with van der Waals surface area (Å²) in [4.78, 5) is 39.8. The molecule has 0 radical (unpaired) electrons. The van der Waals surface area contributed by atoms with Crippen LogP contribution in [0.5, 0.6) is 5.75 Å². The molecule has 3 N–H and O–H groups in total. The van der Waals surface area contributed by atoms with E-state index in [1.54, 1.807) is 97.9 Å². The molecule has 42 heavy (non-hydrogen) atoms. The van der Waals surface area contributed by atoms with Crippen LogP contribution >= 0.6 is 35.0 Å². The number of anilines is 2. The third kappa shape index (κ3) is 8.63. The molecule has 0 saturated carbocycles. The minimum atomic E-state index is -0.515. The Hall–Kier alpha value is -4.24. The van der Waals surface area contributed by atoms with Crippen LogP contribution in [0.4, 0.5) is 11.4 Å². The number of para-hydroxylation sites is 1. The molecule has 1 unspecified atom stereocenters. The number of methoxy groups -OCH3 is 1. The number of halogens is 2. The molecule has 0 saturated heterocycles. The van der Waals surface area contributed by atoms with E-state index in [1.807, 2.05) is 12.1 Å². The van der Waals surface area contributed by atoms with Crippen molar-refractivity contribution >= 4 is 70.1 Å². The van der Waals surface area contributed by atoms with Gasteiger partial charge in [-0.2, -0.15) is 0 Å². The zero-order valence-corrected chi connectivity index (χ0v) is 25.0. The number of thioether (sulfide) groups is 1. The van der Waals surface area contributed by atoms with Gasteiger partial charge in [-0.05, 0) is 73.7 Å². The van der Waals surface area contributed by atoms with E-state index < -0.39 is 17.1 Å². The summed E-state index contributed by atoms with van der Waals surface area (Å²) in [5.41, 5.74) is 2.10. The minimum Gasteiger partial charge on any atom is -0.496 e. The van der Waals surface area contributed by atoms with Crippen molar-refractivity contribution in [3.05, 3.63) is 124 Å². The van der Waals surface area contributed by atoms with E-state index in [9.17, 15) is 14.4 Å². The molecule has 0 aliphatic rings. The number of carbonyl (C=O) groups is 3. The first-order chi connectivity index (χ1) is 20.2. The van der Waals surface area contributed by atoms with Crippen molar-refractivity contribution in [2.75, 3.05) is 17.7 Å². The Morgan fingerprint density at radius 2 is 1.45 bits per heavy atom. The first-order valence-corrected chi connectivity index (χ1v) is 14.4. The van der Waals surface area contributed by atoms with Crippen LogP contribution in [0.25, 0.3) is 6.08 Å². The first-order valence-electron chi connectivity index (χ1n) is 12.8. The second-order valence-electron chi connectivity index (χ2n) is 9.01. The fourth-order valence-electron chi connectivity index (χ4n) is 3.83. The lowest BCUT2D eigenvalue weighted by Crippen LogP contribution is -2.30. The highest BCUT2D eigenvalue weighted by molar-refractivity contribution is 8.00. The number of carbonyl (C=O) groups excluding carboxylic acids is 3. The van der Waals surface area contributed by atoms with E-state index in [0.29, 0.717) is 38.3 Å². The predicted molar refractivity (Wildman–Crippen MR) is 170 cm³/mol. The molecule has 4 rings (SSSR count). The summed E-state index contributed by atoms with van der Waals surface area (Å²) < 4.78 is 5.41. The number of ether oxygens (including phenoxy) is 1. The number of benzene rings is 4. The average molecular weight is 621 g/mol. The van der Waals surface area contributed by atoms with Crippen LogP contribution in [0, 0.1) is 0 Å². The molecule has 0 aliphatic carbocycles. The molecule has 0 spiro atoms. The Balaban J connectivity index is 1.45. The van der Waals surface area contributed by atoms with Crippen LogP contribution in [0.1, 0.15) is 22.8 Å². The van der Waals surface area contributed by atoms with Crippen molar-refractivity contribution in [3.8, 4) is 5.75 Å². The normalized spacial score (nSPS) is 11.8. The monoisotopic (exact) mass is 619 g/mol. The van der Waals surface area contributed by atoms with E-state index >= 15 is 0 Å². The van der Waals surface area contributed by atoms with Gasteiger partial charge in [0.15, 0.2) is 0 Å². The van der Waals surface area contributed by atoms with Crippen LogP contribution in [-0.2, 0) is 9.59 Å². The molecule has 4 aromatic carbocycles. The minimum absolute atomic E-state index is 0.0400. The largest absolute Gasteiger partial charge is 0.496 e. The summed E-state index contributed by atoms with van der Waals surface area (Å²) in [7, 11) is 1.53. The lowest BCUT2D eigenvalue weighted by molar-refractivity contribution is -0.115. The summed E-state index contributed by atoms with van der Waals surface area (Å²) in [6.07, 6.45) is 1.56. The first kappa shape index (κ1) is 30.7. The van der Waals surface area contributed by atoms with Crippen molar-refractivity contribution in [1.29, 1.82) is 0 Å². The van der Waals surface area contributed by atoms with E-state index in [0.717, 1.165) is 4.90 Å². The summed E-state index contributed by atoms with van der Waals surface area (Å²) in [5, 5.41) is 8.79. The van der Waals surface area contributed by atoms with Gasteiger partial charge in [-0.3, -0.25) is 14.4 Å². The molecule has 7 nitrogen and oxygen atoms in total. The third-order valence-corrected chi connectivity index (χ3v) is 7.44. The molecule has 3 amide bonds. The fourth-order valence-corrected chi connectivity index (χ4v) is 5.22. The Kier molecular flexibility index (Phi) is 10.7. The zero-order chi connectivity index (χ0) is 30.1. The Morgan fingerprint density at radius 3 is 2.12 bits per heavy atom. The van der Waals surface area contributed by atoms with Crippen LogP contribution in [-0.4, -0.2) is 30.1 Å². The second-order valence-corrected chi connectivity index (χ2v) is 11.3. The second kappa shape index (κ2) is 14.6. The number of rotatable bonds is 10. The van der Waals surface area contributed by atoms with Gasteiger partial charge in [-0.1, -0.05) is 59.6 Å². The number of amides is 3. The third-order valence-electron chi connectivity index (χ3n) is 5.89. The van der Waals surface area contributed by atoms with Gasteiger partial charge in [0.2, 0.25) is 5.91 Å². The number of hydrogen-bond donors (Lipinski definition) is 3. The molecule has 10 heteroatoms. The van der Waals surface area contributed by atoms with Crippen molar-refractivity contribution in [2.24, 2.45) is 0 Å². The van der Waals surface area contributed by atoms with E-state index in [1.165, 1.54) is 18.9 Å². The van der Waals surface area contributed by atoms with Gasteiger partial charge < -0.3 is 20.7 Å². The zero-order valence-electron chi connectivity index (χ0n) is 22.7. The van der Waals surface area contributed by atoms with Gasteiger partial charge >= 0.3 is 0 Å². The fraction of sp³-hybridized carbons (Fsp3) is 0.0938. The summed E-state index contributed by atoms with van der Waals surface area (Å²) >= 11 is 13.4. The predicted octanol–water partition coefficient (Wildman–Crippen LogP) is 7.53. The van der Waals surface area contributed by atoms with Gasteiger partial charge in [-0.25, -0.2) is 0 Å². The van der Waals surface area contributed by atoms with Crippen molar-refractivity contribution < 1.29 is 19.1 Å². The lowest BCUT2D eigenvalue weighted by Gasteiger charge is -2.14. The Labute approximate surface area is 258 Å². The molecule has 214 valence electrons. The molecule has 0 bridgehead atoms. The van der Waals surface area contributed by atoms with Gasteiger partial charge in [0.1, 0.15) is 11.4 Å². The maximum Gasteiger partial charge on any atom is 0.272 e. The topological polar surface area (TPSA) is 96.5 Å². The number of nitrogens with one attached hydrogen (secondary N) is 3. The SMILES string of the molecule is COc1ccccc1/C=C(\NC(=O)c1ccccc1)C(=O)Nc1ccc(SC(C)C(=O)Nc2cc(Cl)cc(Cl)c2)cc1. The molecule has 4 aromatic rings. The quantitative estimate of drug-likeness (QED) is 0.126. The van der Waals surface area contributed by atoms with Gasteiger partial charge in [0.05, 0.1) is 12.4 Å². The molecule has 1 atom stereocenters. The van der Waals surface area contributed by atoms with Crippen LogP contribution in [0.15, 0.2) is 108 Å². The Bertz CT molecular complexity index is 1590. The summed E-state index contributed by atoms with van der Waals surface area (Å²) in [6.45, 7) is 1.78. The lowest BCUT2D eigenvalue weighted by atomic mass is 10.1. The standard InChI is InChI=1S/C32H27Cl2N3O4S/c1-20(30(38)36-26-18-23(33)17-24(34)19-26)42-27-14-12-25(13-15-27)35-32(40)28(16-22-10-6-7-11-29(22)41-2)37-31(39)21-8-4-3-5-9-21/h3-20H,1-2H3,(H,35,40)(H,36,38)(H,37,39)/b28-16-. The molecule has 0 aromatic heterocycles. The highest BCUT2D eigenvalue weighted by Gasteiger charge is 2.18. The molecular weight excluding hydrogens is 593 g/mol. The molecule has 0 heterocycles. The molecular formula is C32H27Cl2N3O4S. The highest BCUT2D eigenvalue weighted by Crippen LogP contribution is 2.28. The van der Waals surface area contributed by atoms with E-state index in [2.05, 4.69) is 16.0 Å². The van der Waals surface area contributed by atoms with Crippen molar-refractivity contribution in [1.82, 2.24) is 5.32 Å². The highest BCUT2D eigenvalue weighted by atomic mass is 35.5. The smallest absolute Gasteiger partial charge is 0.272 e. The maximum atomic E-state index is 13.3. The molecule has 0 aliphatic heterocycles. The van der Waals surface area contributed by atoms with Crippen molar-refractivity contribution in [3.63, 3.8) is 0 Å². The van der Waals surface area contributed by atoms with Gasteiger partial charge in [0.25, 0.3) is 11.8 Å². The Morgan fingerprint density at radius 1 is 0.810 bits per heavy atom. The van der Waals surface area contributed by atoms with Crippen LogP contribution < -0.4 is 20.7 Å². The average Bonchev–Trinajstić information content (AvgIpc) is 2.97. The molecule has 0 fully saturated rings. The van der Waals surface area contributed by atoms with Crippen LogP contribution in [0.3, 0.4) is 0 Å². The van der Waals surface area contributed by atoms with Gasteiger partial charge in [-0.15, -0.1) is 11.8 Å². The van der Waals surface area contributed by atoms with Gasteiger partial charge in [0, 0.05) is 37.4 Å².